The minimum atomic E-state index is -0.424. The molecular formula is C10H9O4. The van der Waals surface area contributed by atoms with E-state index in [4.69, 9.17) is 9.47 Å². The molecule has 0 bridgehead atoms. The van der Waals surface area contributed by atoms with E-state index in [0.29, 0.717) is 23.7 Å². The molecule has 2 rings (SSSR count). The number of carbonyl (C=O) groups excluding carboxylic acids is 1. The molecule has 1 radical (unpaired) electrons. The highest BCUT2D eigenvalue weighted by Gasteiger charge is 2.20. The summed E-state index contributed by atoms with van der Waals surface area (Å²) in [5.74, 6) is 0.563. The molecule has 1 aromatic carbocycles. The Labute approximate surface area is 81.4 Å². The molecule has 1 aromatic rings. The third-order valence-electron chi connectivity index (χ3n) is 1.89. The van der Waals surface area contributed by atoms with E-state index < -0.39 is 5.97 Å². The van der Waals surface area contributed by atoms with E-state index in [-0.39, 0.29) is 0 Å². The predicted molar refractivity (Wildman–Crippen MR) is 48.2 cm³/mol. The van der Waals surface area contributed by atoms with Crippen molar-refractivity contribution in [2.75, 3.05) is 13.7 Å². The number of methoxy groups -OCH3 is 1. The third kappa shape index (κ3) is 1.39. The smallest absolute Gasteiger partial charge is 0.341 e. The van der Waals surface area contributed by atoms with Crippen LogP contribution in [0.4, 0.5) is 0 Å². The van der Waals surface area contributed by atoms with Crippen LogP contribution in [0.5, 0.6) is 11.5 Å². The Morgan fingerprint density at radius 3 is 3.14 bits per heavy atom. The second-order valence-electron chi connectivity index (χ2n) is 2.72. The van der Waals surface area contributed by atoms with Gasteiger partial charge in [-0.1, -0.05) is 6.07 Å². The lowest BCUT2D eigenvalue weighted by molar-refractivity contribution is 0.0593. The Morgan fingerprint density at radius 2 is 2.36 bits per heavy atom. The molecule has 0 atom stereocenters. The molecule has 0 amide bonds. The summed E-state index contributed by atoms with van der Waals surface area (Å²) in [5, 5.41) is 0. The third-order valence-corrected chi connectivity index (χ3v) is 1.89. The summed E-state index contributed by atoms with van der Waals surface area (Å²) < 4.78 is 15.1. The van der Waals surface area contributed by atoms with Gasteiger partial charge in [0.1, 0.15) is 12.2 Å². The van der Waals surface area contributed by atoms with Crippen LogP contribution in [0.3, 0.4) is 0 Å². The lowest BCUT2D eigenvalue weighted by Crippen LogP contribution is -2.14. The van der Waals surface area contributed by atoms with E-state index in [1.807, 2.05) is 0 Å². The number of hydrogen-bond donors (Lipinski definition) is 0. The second kappa shape index (κ2) is 3.57. The van der Waals surface area contributed by atoms with Gasteiger partial charge < -0.3 is 14.2 Å². The van der Waals surface area contributed by atoms with Gasteiger partial charge in [-0.2, -0.15) is 0 Å². The fourth-order valence-electron chi connectivity index (χ4n) is 1.27. The average molecular weight is 193 g/mol. The maximum absolute atomic E-state index is 11.3. The summed E-state index contributed by atoms with van der Waals surface area (Å²) >= 11 is 0. The Morgan fingerprint density at radius 1 is 1.50 bits per heavy atom. The molecular weight excluding hydrogens is 184 g/mol. The van der Waals surface area contributed by atoms with Gasteiger partial charge in [0.2, 0.25) is 0 Å². The minimum Gasteiger partial charge on any atom is -0.485 e. The van der Waals surface area contributed by atoms with Crippen molar-refractivity contribution in [2.24, 2.45) is 0 Å². The van der Waals surface area contributed by atoms with Crippen molar-refractivity contribution in [3.63, 3.8) is 0 Å². The molecule has 0 N–H and O–H groups in total. The molecule has 0 saturated carbocycles. The molecule has 0 spiro atoms. The molecule has 4 nitrogen and oxygen atoms in total. The van der Waals surface area contributed by atoms with Crippen molar-refractivity contribution >= 4 is 5.97 Å². The summed E-state index contributed by atoms with van der Waals surface area (Å²) in [6.07, 6.45) is 0. The number of esters is 1. The van der Waals surface area contributed by atoms with Gasteiger partial charge in [-0.05, 0) is 12.1 Å². The summed E-state index contributed by atoms with van der Waals surface area (Å²) in [5.41, 5.74) is 0.387. The number of para-hydroxylation sites is 1. The predicted octanol–water partition coefficient (Wildman–Crippen LogP) is 1.41. The molecule has 73 valence electrons. The Hall–Kier alpha value is -1.71. The molecule has 4 heteroatoms. The van der Waals surface area contributed by atoms with Crippen LogP contribution in [0.25, 0.3) is 0 Å². The number of carbonyl (C=O) groups is 1. The summed E-state index contributed by atoms with van der Waals surface area (Å²) in [6.45, 7) is 1.87. The van der Waals surface area contributed by atoms with Crippen LogP contribution in [0.15, 0.2) is 18.2 Å². The van der Waals surface area contributed by atoms with Crippen LogP contribution in [-0.4, -0.2) is 19.7 Å². The molecule has 1 heterocycles. The zero-order chi connectivity index (χ0) is 9.97. The van der Waals surface area contributed by atoms with Crippen LogP contribution < -0.4 is 9.47 Å². The molecule has 1 aliphatic rings. The number of ether oxygens (including phenoxy) is 3. The summed E-state index contributed by atoms with van der Waals surface area (Å²) in [7, 11) is 1.33. The molecule has 0 saturated heterocycles. The maximum atomic E-state index is 11.3. The fraction of sp³-hybridized carbons (Fsp3) is 0.200. The zero-order valence-electron chi connectivity index (χ0n) is 7.65. The number of rotatable bonds is 1. The van der Waals surface area contributed by atoms with E-state index in [1.54, 1.807) is 18.2 Å². The first kappa shape index (κ1) is 8.87. The summed E-state index contributed by atoms with van der Waals surface area (Å²) in [6, 6.07) is 5.09. The van der Waals surface area contributed by atoms with Gasteiger partial charge in [0.15, 0.2) is 18.1 Å². The molecule has 0 aromatic heterocycles. The van der Waals surface area contributed by atoms with Crippen molar-refractivity contribution in [1.82, 2.24) is 0 Å². The molecule has 0 aliphatic carbocycles. The Bertz CT molecular complexity index is 359. The fourth-order valence-corrected chi connectivity index (χ4v) is 1.27. The second-order valence-corrected chi connectivity index (χ2v) is 2.72. The zero-order valence-corrected chi connectivity index (χ0v) is 7.65. The number of fused-ring (bicyclic) bond motifs is 1. The standard InChI is InChI=1S/C10H9O4/c1-12-10(11)7-3-2-4-8-9(7)14-6-5-13-8/h2-5H,6H2,1H3. The summed E-state index contributed by atoms with van der Waals surface area (Å²) in [4.78, 5) is 11.3. The topological polar surface area (TPSA) is 44.8 Å². The highest BCUT2D eigenvalue weighted by atomic mass is 16.6. The van der Waals surface area contributed by atoms with Crippen molar-refractivity contribution in [1.29, 1.82) is 0 Å². The Balaban J connectivity index is 2.45. The molecule has 14 heavy (non-hydrogen) atoms. The van der Waals surface area contributed by atoms with Crippen LogP contribution in [0.1, 0.15) is 10.4 Å². The van der Waals surface area contributed by atoms with Gasteiger partial charge in [0.05, 0.1) is 7.11 Å². The maximum Gasteiger partial charge on any atom is 0.341 e. The van der Waals surface area contributed by atoms with E-state index in [0.717, 1.165) is 0 Å². The number of hydrogen-bond acceptors (Lipinski definition) is 4. The first-order valence-corrected chi connectivity index (χ1v) is 4.15. The molecule has 0 unspecified atom stereocenters. The quantitative estimate of drug-likeness (QED) is 0.632. The van der Waals surface area contributed by atoms with Crippen molar-refractivity contribution in [3.05, 3.63) is 30.4 Å². The van der Waals surface area contributed by atoms with Gasteiger partial charge in [0, 0.05) is 0 Å². The van der Waals surface area contributed by atoms with Crippen LogP contribution >= 0.6 is 0 Å². The van der Waals surface area contributed by atoms with Gasteiger partial charge >= 0.3 is 5.97 Å². The SMILES string of the molecule is COC(=O)c1cccc2c1OC[CH]O2. The lowest BCUT2D eigenvalue weighted by Gasteiger charge is -2.19. The van der Waals surface area contributed by atoms with E-state index in [9.17, 15) is 4.79 Å². The minimum absolute atomic E-state index is 0.334. The van der Waals surface area contributed by atoms with Crippen LogP contribution in [0.2, 0.25) is 0 Å². The van der Waals surface area contributed by atoms with E-state index in [2.05, 4.69) is 4.74 Å². The van der Waals surface area contributed by atoms with Gasteiger partial charge in [-0.3, -0.25) is 0 Å². The van der Waals surface area contributed by atoms with Gasteiger partial charge in [0.25, 0.3) is 0 Å². The van der Waals surface area contributed by atoms with Gasteiger partial charge in [-0.25, -0.2) is 4.79 Å². The van der Waals surface area contributed by atoms with Crippen molar-refractivity contribution in [3.8, 4) is 11.5 Å². The molecule has 0 fully saturated rings. The largest absolute Gasteiger partial charge is 0.485 e. The van der Waals surface area contributed by atoms with Crippen molar-refractivity contribution < 1.29 is 19.0 Å². The van der Waals surface area contributed by atoms with Crippen LogP contribution in [0, 0.1) is 6.61 Å². The van der Waals surface area contributed by atoms with Gasteiger partial charge in [-0.15, -0.1) is 0 Å². The van der Waals surface area contributed by atoms with Crippen molar-refractivity contribution in [2.45, 2.75) is 0 Å². The molecule has 1 aliphatic heterocycles. The van der Waals surface area contributed by atoms with E-state index in [1.165, 1.54) is 13.7 Å². The number of benzene rings is 1. The highest BCUT2D eigenvalue weighted by molar-refractivity contribution is 5.93. The monoisotopic (exact) mass is 193 g/mol. The van der Waals surface area contributed by atoms with E-state index >= 15 is 0 Å². The Kier molecular flexibility index (Phi) is 2.26. The normalized spacial score (nSPS) is 13.5. The first-order valence-electron chi connectivity index (χ1n) is 4.15. The first-order chi connectivity index (χ1) is 6.83. The van der Waals surface area contributed by atoms with Crippen LogP contribution in [-0.2, 0) is 4.74 Å². The lowest BCUT2D eigenvalue weighted by atomic mass is 10.2. The highest BCUT2D eigenvalue weighted by Crippen LogP contribution is 2.34. The average Bonchev–Trinajstić information content (AvgIpc) is 2.27.